The van der Waals surface area contributed by atoms with Crippen molar-refractivity contribution in [2.75, 3.05) is 5.32 Å². The number of anilines is 1. The number of carbonyl (C=O) groups excluding carboxylic acids is 1. The molecule has 0 aliphatic carbocycles. The molecule has 9 heteroatoms. The Morgan fingerprint density at radius 2 is 1.70 bits per heavy atom. The maximum Gasteiger partial charge on any atom is 0.269 e. The highest BCUT2D eigenvalue weighted by Crippen LogP contribution is 2.40. The van der Waals surface area contributed by atoms with Crippen molar-refractivity contribution in [1.82, 2.24) is 0 Å². The van der Waals surface area contributed by atoms with Gasteiger partial charge in [0, 0.05) is 17.0 Å². The van der Waals surface area contributed by atoms with Crippen LogP contribution in [-0.2, 0) is 20.4 Å². The SMILES string of the molecule is Cc1cccc(C)c1CS(=O)(=O)c1ccc2c(c1)NC(=O)/C(=C\c1ccc([N+](=O)[O-])cc1)S2. The Bertz CT molecular complexity index is 1390. The summed E-state index contributed by atoms with van der Waals surface area (Å²) in [4.78, 5) is 24.2. The average molecular weight is 481 g/mol. The van der Waals surface area contributed by atoms with E-state index in [2.05, 4.69) is 5.32 Å². The molecule has 0 saturated carbocycles. The maximum absolute atomic E-state index is 13.1. The number of nitrogens with zero attached hydrogens (tertiary/aromatic N) is 1. The fourth-order valence-electron chi connectivity index (χ4n) is 3.53. The number of hydrogen-bond acceptors (Lipinski definition) is 6. The van der Waals surface area contributed by atoms with Crippen molar-refractivity contribution in [1.29, 1.82) is 0 Å². The Hall–Kier alpha value is -3.43. The van der Waals surface area contributed by atoms with E-state index in [0.717, 1.165) is 16.7 Å². The number of nitrogens with one attached hydrogen (secondary N) is 1. The van der Waals surface area contributed by atoms with E-state index < -0.39 is 14.8 Å². The topological polar surface area (TPSA) is 106 Å². The van der Waals surface area contributed by atoms with E-state index in [0.29, 0.717) is 21.1 Å². The monoisotopic (exact) mass is 480 g/mol. The molecule has 4 rings (SSSR count). The predicted octanol–water partition coefficient (Wildman–Crippen LogP) is 5.27. The first-order valence-electron chi connectivity index (χ1n) is 10.0. The van der Waals surface area contributed by atoms with Gasteiger partial charge in [0.15, 0.2) is 9.84 Å². The molecule has 1 heterocycles. The molecule has 0 radical (unpaired) electrons. The van der Waals surface area contributed by atoms with Crippen molar-refractivity contribution in [3.63, 3.8) is 0 Å². The van der Waals surface area contributed by atoms with E-state index in [4.69, 9.17) is 0 Å². The van der Waals surface area contributed by atoms with E-state index in [1.165, 1.54) is 30.0 Å². The van der Waals surface area contributed by atoms with Gasteiger partial charge in [-0.25, -0.2) is 8.42 Å². The number of aryl methyl sites for hydroxylation is 2. The van der Waals surface area contributed by atoms with Crippen LogP contribution in [0.15, 0.2) is 75.4 Å². The lowest BCUT2D eigenvalue weighted by atomic mass is 10.1. The zero-order valence-electron chi connectivity index (χ0n) is 17.9. The number of thioether (sulfide) groups is 1. The molecule has 3 aromatic rings. The fourth-order valence-corrected chi connectivity index (χ4v) is 6.03. The number of amides is 1. The van der Waals surface area contributed by atoms with E-state index in [1.54, 1.807) is 30.3 Å². The zero-order valence-corrected chi connectivity index (χ0v) is 19.5. The highest BCUT2D eigenvalue weighted by Gasteiger charge is 2.25. The van der Waals surface area contributed by atoms with Gasteiger partial charge in [-0.15, -0.1) is 0 Å². The number of sulfone groups is 1. The Morgan fingerprint density at radius 3 is 2.33 bits per heavy atom. The van der Waals surface area contributed by atoms with Crippen LogP contribution >= 0.6 is 11.8 Å². The number of non-ortho nitro benzene ring substituents is 1. The summed E-state index contributed by atoms with van der Waals surface area (Å²) in [6.45, 7) is 3.78. The molecule has 0 atom stereocenters. The summed E-state index contributed by atoms with van der Waals surface area (Å²) in [6, 6.07) is 16.3. The molecular formula is C24H20N2O5S2. The van der Waals surface area contributed by atoms with Crippen molar-refractivity contribution < 1.29 is 18.1 Å². The lowest BCUT2D eigenvalue weighted by molar-refractivity contribution is -0.384. The molecule has 168 valence electrons. The number of rotatable bonds is 5. The fraction of sp³-hybridized carbons (Fsp3) is 0.125. The highest BCUT2D eigenvalue weighted by atomic mass is 32.2. The molecule has 1 aliphatic heterocycles. The second-order valence-corrected chi connectivity index (χ2v) is 10.8. The van der Waals surface area contributed by atoms with Crippen molar-refractivity contribution in [3.8, 4) is 0 Å². The van der Waals surface area contributed by atoms with Crippen molar-refractivity contribution >= 4 is 45.0 Å². The Morgan fingerprint density at radius 1 is 1.03 bits per heavy atom. The third-order valence-corrected chi connectivity index (χ3v) is 8.12. The quantitative estimate of drug-likeness (QED) is 0.303. The third kappa shape index (κ3) is 4.84. The molecule has 1 amide bonds. The second-order valence-electron chi connectivity index (χ2n) is 7.70. The number of fused-ring (bicyclic) bond motifs is 1. The summed E-state index contributed by atoms with van der Waals surface area (Å²) in [5.74, 6) is -0.480. The largest absolute Gasteiger partial charge is 0.320 e. The van der Waals surface area contributed by atoms with Crippen LogP contribution in [0.5, 0.6) is 0 Å². The van der Waals surface area contributed by atoms with Crippen molar-refractivity contribution in [2.24, 2.45) is 0 Å². The standard InChI is InChI=1S/C24H20N2O5S2/c1-15-4-3-5-16(2)20(15)14-33(30,31)19-10-11-22-21(13-19)25-24(27)23(32-22)12-17-6-8-18(9-7-17)26(28)29/h3-13H,14H2,1-2H3,(H,25,27)/b23-12+. The summed E-state index contributed by atoms with van der Waals surface area (Å²) in [6.07, 6.45) is 1.64. The summed E-state index contributed by atoms with van der Waals surface area (Å²) >= 11 is 1.22. The zero-order chi connectivity index (χ0) is 23.8. The van der Waals surface area contributed by atoms with Gasteiger partial charge in [-0.1, -0.05) is 30.0 Å². The first-order chi connectivity index (χ1) is 15.6. The molecule has 1 aliphatic rings. The molecule has 0 fully saturated rings. The average Bonchev–Trinajstić information content (AvgIpc) is 2.77. The summed E-state index contributed by atoms with van der Waals surface area (Å²) < 4.78 is 26.2. The van der Waals surface area contributed by atoms with E-state index in [1.807, 2.05) is 32.0 Å². The molecular weight excluding hydrogens is 460 g/mol. The highest BCUT2D eigenvalue weighted by molar-refractivity contribution is 8.04. The van der Waals surface area contributed by atoms with Gasteiger partial charge in [0.05, 0.1) is 26.2 Å². The lowest BCUT2D eigenvalue weighted by Gasteiger charge is -2.20. The smallest absolute Gasteiger partial charge is 0.269 e. The summed E-state index contributed by atoms with van der Waals surface area (Å²) in [5, 5.41) is 13.6. The van der Waals surface area contributed by atoms with Crippen LogP contribution in [0, 0.1) is 24.0 Å². The molecule has 0 saturated heterocycles. The minimum atomic E-state index is -3.61. The minimum absolute atomic E-state index is 0.0297. The molecule has 33 heavy (non-hydrogen) atoms. The van der Waals surface area contributed by atoms with Gasteiger partial charge in [0.2, 0.25) is 0 Å². The summed E-state index contributed by atoms with van der Waals surface area (Å²) in [5.41, 5.74) is 3.67. The van der Waals surface area contributed by atoms with Crippen molar-refractivity contribution in [2.45, 2.75) is 29.4 Å². The Kier molecular flexibility index (Phi) is 6.09. The van der Waals surface area contributed by atoms with Gasteiger partial charge in [-0.3, -0.25) is 14.9 Å². The molecule has 0 spiro atoms. The number of benzene rings is 3. The van der Waals surface area contributed by atoms with Crippen LogP contribution in [-0.4, -0.2) is 19.2 Å². The Labute approximate surface area is 195 Å². The molecule has 0 aromatic heterocycles. The minimum Gasteiger partial charge on any atom is -0.320 e. The molecule has 0 unspecified atom stereocenters. The first kappa shape index (κ1) is 22.8. The van der Waals surface area contributed by atoms with Gasteiger partial charge >= 0.3 is 0 Å². The van der Waals surface area contributed by atoms with Gasteiger partial charge in [0.1, 0.15) is 0 Å². The van der Waals surface area contributed by atoms with Crippen LogP contribution in [0.3, 0.4) is 0 Å². The maximum atomic E-state index is 13.1. The normalized spacial score (nSPS) is 14.6. The number of hydrogen-bond donors (Lipinski definition) is 1. The second kappa shape index (κ2) is 8.84. The molecule has 3 aromatic carbocycles. The number of carbonyl (C=O) groups is 1. The van der Waals surface area contributed by atoms with Crippen LogP contribution in [0.2, 0.25) is 0 Å². The van der Waals surface area contributed by atoms with Crippen LogP contribution in [0.4, 0.5) is 11.4 Å². The molecule has 1 N–H and O–H groups in total. The van der Waals surface area contributed by atoms with E-state index >= 15 is 0 Å². The van der Waals surface area contributed by atoms with E-state index in [9.17, 15) is 23.3 Å². The van der Waals surface area contributed by atoms with Gasteiger partial charge < -0.3 is 5.32 Å². The Balaban J connectivity index is 1.59. The van der Waals surface area contributed by atoms with Crippen molar-refractivity contribution in [3.05, 3.63) is 97.9 Å². The molecule has 7 nitrogen and oxygen atoms in total. The third-order valence-electron chi connectivity index (χ3n) is 5.38. The van der Waals surface area contributed by atoms with Gasteiger partial charge in [-0.2, -0.15) is 0 Å². The van der Waals surface area contributed by atoms with Gasteiger partial charge in [0.25, 0.3) is 11.6 Å². The van der Waals surface area contributed by atoms with Crippen LogP contribution in [0.25, 0.3) is 6.08 Å². The summed E-state index contributed by atoms with van der Waals surface area (Å²) in [7, 11) is -3.61. The van der Waals surface area contributed by atoms with Gasteiger partial charge in [-0.05, 0) is 72.5 Å². The van der Waals surface area contributed by atoms with Crippen LogP contribution in [0.1, 0.15) is 22.3 Å². The van der Waals surface area contributed by atoms with E-state index in [-0.39, 0.29) is 22.2 Å². The molecule has 0 bridgehead atoms. The number of nitro benzene ring substituents is 1. The first-order valence-corrected chi connectivity index (χ1v) is 12.5. The lowest BCUT2D eigenvalue weighted by Crippen LogP contribution is -2.18. The predicted molar refractivity (Wildman–Crippen MR) is 129 cm³/mol. The van der Waals surface area contributed by atoms with Crippen LogP contribution < -0.4 is 5.32 Å². The number of nitro groups is 1.